The Morgan fingerprint density at radius 2 is 2.17 bits per heavy atom. The third kappa shape index (κ3) is 1.92. The van der Waals surface area contributed by atoms with Gasteiger partial charge in [0.15, 0.2) is 0 Å². The summed E-state index contributed by atoms with van der Waals surface area (Å²) in [5, 5.41) is 10.9. The maximum atomic E-state index is 10.9. The predicted molar refractivity (Wildman–Crippen MR) is 90.3 cm³/mol. The lowest BCUT2D eigenvalue weighted by molar-refractivity contribution is -0.0839. The molecule has 3 heteroatoms. The summed E-state index contributed by atoms with van der Waals surface area (Å²) >= 11 is 0. The van der Waals surface area contributed by atoms with Crippen molar-refractivity contribution in [2.75, 3.05) is 13.7 Å². The molecule has 3 nitrogen and oxygen atoms in total. The molecule has 2 fully saturated rings. The first kappa shape index (κ1) is 15.1. The number of hydrogen-bond donors (Lipinski definition) is 1. The fraction of sp³-hybridized carbons (Fsp3) is 0.600. The molecule has 0 amide bonds. The van der Waals surface area contributed by atoms with E-state index in [4.69, 9.17) is 11.2 Å². The highest BCUT2D eigenvalue weighted by molar-refractivity contribution is 5.40. The summed E-state index contributed by atoms with van der Waals surface area (Å²) in [4.78, 5) is 2.62. The molecule has 0 bridgehead atoms. The van der Waals surface area contributed by atoms with Gasteiger partial charge >= 0.3 is 0 Å². The predicted octanol–water partition coefficient (Wildman–Crippen LogP) is 2.92. The molecule has 0 aromatic heterocycles. The minimum Gasteiger partial charge on any atom is -0.497 e. The molecule has 1 saturated heterocycles. The zero-order valence-corrected chi connectivity index (χ0v) is 14.0. The first-order valence-electron chi connectivity index (χ1n) is 8.65. The summed E-state index contributed by atoms with van der Waals surface area (Å²) in [7, 11) is 1.72. The number of hydrogen-bond acceptors (Lipinski definition) is 3. The molecule has 3 aliphatic rings. The highest BCUT2D eigenvalue weighted by Crippen LogP contribution is 2.58. The third-order valence-electron chi connectivity index (χ3n) is 6.78. The van der Waals surface area contributed by atoms with Gasteiger partial charge in [-0.25, -0.2) is 0 Å². The van der Waals surface area contributed by atoms with E-state index in [2.05, 4.69) is 35.9 Å². The topological polar surface area (TPSA) is 32.7 Å². The molecule has 1 aliphatic carbocycles. The van der Waals surface area contributed by atoms with E-state index in [1.807, 2.05) is 0 Å². The number of rotatable bonds is 1. The van der Waals surface area contributed by atoms with E-state index >= 15 is 0 Å². The Labute approximate surface area is 138 Å². The number of benzene rings is 1. The van der Waals surface area contributed by atoms with E-state index in [0.29, 0.717) is 12.1 Å². The molecule has 4 rings (SSSR count). The van der Waals surface area contributed by atoms with Gasteiger partial charge in [-0.1, -0.05) is 18.9 Å². The average molecular weight is 311 g/mol. The molecule has 4 atom stereocenters. The van der Waals surface area contributed by atoms with Gasteiger partial charge < -0.3 is 9.84 Å². The van der Waals surface area contributed by atoms with Gasteiger partial charge in [0.05, 0.1) is 7.11 Å². The molecule has 23 heavy (non-hydrogen) atoms. The van der Waals surface area contributed by atoms with Gasteiger partial charge in [-0.15, -0.1) is 6.42 Å². The molecular formula is C20H25NO2. The van der Waals surface area contributed by atoms with Crippen LogP contribution in [-0.2, 0) is 6.42 Å². The molecule has 1 aromatic carbocycles. The van der Waals surface area contributed by atoms with E-state index in [1.54, 1.807) is 7.11 Å². The maximum absolute atomic E-state index is 10.9. The van der Waals surface area contributed by atoms with E-state index in [0.717, 1.165) is 44.4 Å². The van der Waals surface area contributed by atoms with Gasteiger partial charge in [-0.2, -0.15) is 0 Å². The summed E-state index contributed by atoms with van der Waals surface area (Å²) in [5.41, 5.74) is 1.74. The van der Waals surface area contributed by atoms with Crippen LogP contribution in [0.15, 0.2) is 18.2 Å². The van der Waals surface area contributed by atoms with Crippen molar-refractivity contribution in [2.24, 2.45) is 5.41 Å². The number of piperidine rings is 1. The second-order valence-electron chi connectivity index (χ2n) is 7.58. The molecule has 0 unspecified atom stereocenters. The zero-order valence-electron chi connectivity index (χ0n) is 14.0. The first-order chi connectivity index (χ1) is 11.0. The van der Waals surface area contributed by atoms with Crippen LogP contribution in [0.5, 0.6) is 5.75 Å². The van der Waals surface area contributed by atoms with Crippen molar-refractivity contribution in [3.05, 3.63) is 29.3 Å². The number of methoxy groups -OCH3 is 1. The van der Waals surface area contributed by atoms with Crippen LogP contribution in [0.1, 0.15) is 49.8 Å². The smallest absolute Gasteiger partial charge is 0.132 e. The molecule has 2 aliphatic heterocycles. The SMILES string of the molecule is C#C[C@]1(O)CC[C@@H]2N3CCc4cc(OC)ccc4[C@H]3CC[C@@]21C. The fourth-order valence-corrected chi connectivity index (χ4v) is 5.33. The summed E-state index contributed by atoms with van der Waals surface area (Å²) in [6.45, 7) is 3.25. The number of nitrogens with zero attached hydrogens (tertiary/aromatic N) is 1. The number of aliphatic hydroxyl groups is 1. The van der Waals surface area contributed by atoms with Crippen LogP contribution in [0.25, 0.3) is 0 Å². The molecule has 0 radical (unpaired) electrons. The normalized spacial score (nSPS) is 39.0. The largest absolute Gasteiger partial charge is 0.497 e. The number of fused-ring (bicyclic) bond motifs is 5. The van der Waals surface area contributed by atoms with E-state index < -0.39 is 5.60 Å². The highest BCUT2D eigenvalue weighted by atomic mass is 16.5. The molecule has 2 heterocycles. The summed E-state index contributed by atoms with van der Waals surface area (Å²) in [6.07, 6.45) is 10.5. The van der Waals surface area contributed by atoms with Gasteiger partial charge in [-0.3, -0.25) is 4.90 Å². The van der Waals surface area contributed by atoms with Crippen molar-refractivity contribution in [2.45, 2.75) is 56.7 Å². The number of ether oxygens (including phenoxy) is 1. The number of terminal acetylenes is 1. The van der Waals surface area contributed by atoms with Crippen LogP contribution in [-0.4, -0.2) is 35.3 Å². The van der Waals surface area contributed by atoms with Gasteiger partial charge in [0, 0.05) is 24.0 Å². The Hall–Kier alpha value is -1.50. The van der Waals surface area contributed by atoms with Crippen LogP contribution in [0.3, 0.4) is 0 Å². The Morgan fingerprint density at radius 1 is 1.35 bits per heavy atom. The lowest BCUT2D eigenvalue weighted by Crippen LogP contribution is -2.57. The maximum Gasteiger partial charge on any atom is 0.132 e. The second kappa shape index (κ2) is 5.00. The van der Waals surface area contributed by atoms with Crippen LogP contribution in [0.2, 0.25) is 0 Å². The summed E-state index contributed by atoms with van der Waals surface area (Å²) < 4.78 is 5.37. The monoisotopic (exact) mass is 311 g/mol. The lowest BCUT2D eigenvalue weighted by Gasteiger charge is -2.54. The Balaban J connectivity index is 1.70. The second-order valence-corrected chi connectivity index (χ2v) is 7.58. The van der Waals surface area contributed by atoms with Crippen LogP contribution < -0.4 is 4.74 Å². The Bertz CT molecular complexity index is 679. The molecule has 1 aromatic rings. The summed E-state index contributed by atoms with van der Waals surface area (Å²) in [6, 6.07) is 7.34. The van der Waals surface area contributed by atoms with E-state index in [9.17, 15) is 5.11 Å². The highest BCUT2D eigenvalue weighted by Gasteiger charge is 2.60. The minimum atomic E-state index is -0.942. The van der Waals surface area contributed by atoms with Gasteiger partial charge in [0.2, 0.25) is 0 Å². The van der Waals surface area contributed by atoms with Crippen molar-refractivity contribution in [1.29, 1.82) is 0 Å². The van der Waals surface area contributed by atoms with Crippen molar-refractivity contribution in [1.82, 2.24) is 4.90 Å². The molecule has 1 N–H and O–H groups in total. The Morgan fingerprint density at radius 3 is 2.91 bits per heavy atom. The van der Waals surface area contributed by atoms with Crippen LogP contribution >= 0.6 is 0 Å². The van der Waals surface area contributed by atoms with Gasteiger partial charge in [-0.05, 0) is 55.4 Å². The molecule has 0 spiro atoms. The first-order valence-corrected chi connectivity index (χ1v) is 8.65. The Kier molecular flexibility index (Phi) is 3.27. The third-order valence-corrected chi connectivity index (χ3v) is 6.78. The van der Waals surface area contributed by atoms with Crippen molar-refractivity contribution in [3.8, 4) is 18.1 Å². The summed E-state index contributed by atoms with van der Waals surface area (Å²) in [5.74, 6) is 3.67. The van der Waals surface area contributed by atoms with Crippen LogP contribution in [0, 0.1) is 17.8 Å². The van der Waals surface area contributed by atoms with Crippen molar-refractivity contribution < 1.29 is 9.84 Å². The molecule has 122 valence electrons. The van der Waals surface area contributed by atoms with Gasteiger partial charge in [0.1, 0.15) is 11.4 Å². The standard InChI is InChI=1S/C20H25NO2/c1-4-20(22)11-8-18-19(20,2)10-7-17-16-6-5-15(23-3)13-14(16)9-12-21(17)18/h1,5-6,13,17-18,22H,7-12H2,2-3H3/t17-,18+,19+,20+/m1/s1. The molecular weight excluding hydrogens is 286 g/mol. The van der Waals surface area contributed by atoms with Crippen LogP contribution in [0.4, 0.5) is 0 Å². The average Bonchev–Trinajstić information content (AvgIpc) is 2.86. The quantitative estimate of drug-likeness (QED) is 0.810. The van der Waals surface area contributed by atoms with Crippen molar-refractivity contribution in [3.63, 3.8) is 0 Å². The lowest BCUT2D eigenvalue weighted by atomic mass is 9.66. The van der Waals surface area contributed by atoms with E-state index in [-0.39, 0.29) is 5.41 Å². The van der Waals surface area contributed by atoms with Gasteiger partial charge in [0.25, 0.3) is 0 Å². The zero-order chi connectivity index (χ0) is 16.2. The fourth-order valence-electron chi connectivity index (χ4n) is 5.33. The van der Waals surface area contributed by atoms with E-state index in [1.165, 1.54) is 11.1 Å². The van der Waals surface area contributed by atoms with Crippen molar-refractivity contribution >= 4 is 0 Å². The minimum absolute atomic E-state index is 0.178. The molecule has 1 saturated carbocycles.